The SMILES string of the molecule is O=C1N=CSC12CC2. The van der Waals surface area contributed by atoms with E-state index < -0.39 is 0 Å². The van der Waals surface area contributed by atoms with Crippen molar-refractivity contribution in [2.24, 2.45) is 4.99 Å². The third-order valence-electron chi connectivity index (χ3n) is 1.54. The third-order valence-corrected chi connectivity index (χ3v) is 2.79. The zero-order chi connectivity index (χ0) is 5.61. The Kier molecular flexibility index (Phi) is 0.658. The summed E-state index contributed by atoms with van der Waals surface area (Å²) in [4.78, 5) is 14.4. The van der Waals surface area contributed by atoms with Crippen molar-refractivity contribution in [3.05, 3.63) is 0 Å². The van der Waals surface area contributed by atoms with Gasteiger partial charge in [0.05, 0.1) is 5.55 Å². The minimum Gasteiger partial charge on any atom is -0.271 e. The minimum atomic E-state index is -0.0417. The summed E-state index contributed by atoms with van der Waals surface area (Å²) in [6, 6.07) is 0. The van der Waals surface area contributed by atoms with E-state index in [1.54, 1.807) is 17.3 Å². The van der Waals surface area contributed by atoms with Crippen molar-refractivity contribution in [1.82, 2.24) is 0 Å². The van der Waals surface area contributed by atoms with Gasteiger partial charge >= 0.3 is 0 Å². The van der Waals surface area contributed by atoms with Crippen molar-refractivity contribution in [1.29, 1.82) is 0 Å². The van der Waals surface area contributed by atoms with Gasteiger partial charge in [0.1, 0.15) is 4.75 Å². The van der Waals surface area contributed by atoms with Crippen LogP contribution in [0.1, 0.15) is 12.8 Å². The highest BCUT2D eigenvalue weighted by Crippen LogP contribution is 2.51. The first-order valence-electron chi connectivity index (χ1n) is 2.58. The highest BCUT2D eigenvalue weighted by Gasteiger charge is 2.52. The number of carbonyl (C=O) groups excluding carboxylic acids is 1. The monoisotopic (exact) mass is 127 g/mol. The van der Waals surface area contributed by atoms with Crippen LogP contribution in [0.4, 0.5) is 0 Å². The van der Waals surface area contributed by atoms with E-state index in [2.05, 4.69) is 4.99 Å². The molecule has 0 atom stereocenters. The van der Waals surface area contributed by atoms with Crippen LogP contribution in [0.25, 0.3) is 0 Å². The molecule has 1 amide bonds. The van der Waals surface area contributed by atoms with Crippen LogP contribution >= 0.6 is 11.8 Å². The Bertz CT molecular complexity index is 171. The van der Waals surface area contributed by atoms with E-state index in [-0.39, 0.29) is 10.7 Å². The topological polar surface area (TPSA) is 29.4 Å². The fraction of sp³-hybridized carbons (Fsp3) is 0.600. The summed E-state index contributed by atoms with van der Waals surface area (Å²) in [5.74, 6) is 0.0856. The van der Waals surface area contributed by atoms with Crippen LogP contribution < -0.4 is 0 Å². The molecule has 0 bridgehead atoms. The summed E-state index contributed by atoms with van der Waals surface area (Å²) < 4.78 is -0.0417. The third kappa shape index (κ3) is 0.400. The van der Waals surface area contributed by atoms with Gasteiger partial charge < -0.3 is 0 Å². The molecule has 0 N–H and O–H groups in total. The largest absolute Gasteiger partial charge is 0.271 e. The predicted molar refractivity (Wildman–Crippen MR) is 33.1 cm³/mol. The quantitative estimate of drug-likeness (QED) is 0.482. The maximum absolute atomic E-state index is 10.7. The molecule has 2 aliphatic rings. The molecule has 1 heterocycles. The van der Waals surface area contributed by atoms with Crippen molar-refractivity contribution in [2.45, 2.75) is 17.6 Å². The molecule has 1 aliphatic carbocycles. The summed E-state index contributed by atoms with van der Waals surface area (Å²) in [5.41, 5.74) is 1.66. The van der Waals surface area contributed by atoms with Gasteiger partial charge in [-0.05, 0) is 12.8 Å². The van der Waals surface area contributed by atoms with Crippen molar-refractivity contribution in [2.75, 3.05) is 0 Å². The van der Waals surface area contributed by atoms with Crippen molar-refractivity contribution in [3.8, 4) is 0 Å². The van der Waals surface area contributed by atoms with Gasteiger partial charge in [-0.15, -0.1) is 0 Å². The van der Waals surface area contributed by atoms with Crippen LogP contribution in [0, 0.1) is 0 Å². The maximum atomic E-state index is 10.7. The molecule has 1 saturated carbocycles. The Morgan fingerprint density at radius 1 is 1.75 bits per heavy atom. The second-order valence-corrected chi connectivity index (χ2v) is 3.38. The Morgan fingerprint density at radius 2 is 2.50 bits per heavy atom. The minimum absolute atomic E-state index is 0.0417. The molecule has 3 heteroatoms. The van der Waals surface area contributed by atoms with Crippen molar-refractivity contribution >= 4 is 23.2 Å². The van der Waals surface area contributed by atoms with Crippen LogP contribution in [-0.2, 0) is 4.79 Å². The zero-order valence-corrected chi connectivity index (χ0v) is 5.07. The average Bonchev–Trinajstić information content (AvgIpc) is 2.39. The highest BCUT2D eigenvalue weighted by atomic mass is 32.2. The second-order valence-electron chi connectivity index (χ2n) is 2.15. The lowest BCUT2D eigenvalue weighted by Crippen LogP contribution is -2.09. The van der Waals surface area contributed by atoms with Gasteiger partial charge in [0.25, 0.3) is 5.91 Å². The number of rotatable bonds is 0. The lowest BCUT2D eigenvalue weighted by Gasteiger charge is -1.94. The molecule has 1 aliphatic heterocycles. The van der Waals surface area contributed by atoms with Crippen LogP contribution in [0.3, 0.4) is 0 Å². The molecule has 0 aromatic carbocycles. The number of amides is 1. The molecule has 0 saturated heterocycles. The van der Waals surface area contributed by atoms with Crippen LogP contribution in [0.2, 0.25) is 0 Å². The van der Waals surface area contributed by atoms with Gasteiger partial charge in [0.2, 0.25) is 0 Å². The normalized spacial score (nSPS) is 29.8. The summed E-state index contributed by atoms with van der Waals surface area (Å²) in [7, 11) is 0. The summed E-state index contributed by atoms with van der Waals surface area (Å²) in [6.45, 7) is 0. The molecular formula is C5H5NOS. The molecule has 2 rings (SSSR count). The fourth-order valence-corrected chi connectivity index (χ4v) is 1.63. The van der Waals surface area contributed by atoms with Crippen molar-refractivity contribution < 1.29 is 4.79 Å². The summed E-state index contributed by atoms with van der Waals surface area (Å²) in [5, 5.41) is 0. The number of thioether (sulfide) groups is 1. The van der Waals surface area contributed by atoms with Gasteiger partial charge in [-0.3, -0.25) is 4.79 Å². The number of hydrogen-bond acceptors (Lipinski definition) is 2. The smallest absolute Gasteiger partial charge is 0.262 e. The average molecular weight is 127 g/mol. The Hall–Kier alpha value is -0.310. The first-order valence-corrected chi connectivity index (χ1v) is 3.46. The van der Waals surface area contributed by atoms with Gasteiger partial charge in [-0.1, -0.05) is 11.8 Å². The number of hydrogen-bond donors (Lipinski definition) is 0. The second kappa shape index (κ2) is 1.16. The van der Waals surface area contributed by atoms with Gasteiger partial charge in [0.15, 0.2) is 0 Å². The Morgan fingerprint density at radius 3 is 2.75 bits per heavy atom. The molecule has 1 fully saturated rings. The maximum Gasteiger partial charge on any atom is 0.262 e. The molecule has 42 valence electrons. The Balaban J connectivity index is 2.31. The molecule has 0 aromatic rings. The van der Waals surface area contributed by atoms with E-state index in [1.165, 1.54) is 0 Å². The summed E-state index contributed by atoms with van der Waals surface area (Å²) in [6.07, 6.45) is 2.08. The molecular weight excluding hydrogens is 122 g/mol. The highest BCUT2D eigenvalue weighted by molar-refractivity contribution is 8.14. The van der Waals surface area contributed by atoms with E-state index in [9.17, 15) is 4.79 Å². The van der Waals surface area contributed by atoms with E-state index >= 15 is 0 Å². The first-order chi connectivity index (χ1) is 3.83. The molecule has 0 unspecified atom stereocenters. The molecule has 0 aromatic heterocycles. The van der Waals surface area contributed by atoms with Gasteiger partial charge in [-0.2, -0.15) is 0 Å². The first kappa shape index (κ1) is 4.56. The van der Waals surface area contributed by atoms with E-state index in [4.69, 9.17) is 0 Å². The summed E-state index contributed by atoms with van der Waals surface area (Å²) >= 11 is 1.58. The van der Waals surface area contributed by atoms with Crippen LogP contribution in [0.15, 0.2) is 4.99 Å². The number of aliphatic imine (C=N–C) groups is 1. The number of carbonyl (C=O) groups is 1. The van der Waals surface area contributed by atoms with Crippen LogP contribution in [0.5, 0.6) is 0 Å². The molecule has 2 nitrogen and oxygen atoms in total. The molecule has 0 radical (unpaired) electrons. The predicted octanol–water partition coefficient (Wildman–Crippen LogP) is 0.821. The lowest BCUT2D eigenvalue weighted by atomic mass is 10.4. The van der Waals surface area contributed by atoms with Crippen LogP contribution in [-0.4, -0.2) is 16.2 Å². The lowest BCUT2D eigenvalue weighted by molar-refractivity contribution is -0.117. The van der Waals surface area contributed by atoms with Crippen molar-refractivity contribution in [3.63, 3.8) is 0 Å². The van der Waals surface area contributed by atoms with Gasteiger partial charge in [-0.25, -0.2) is 4.99 Å². The van der Waals surface area contributed by atoms with E-state index in [0.29, 0.717) is 0 Å². The van der Waals surface area contributed by atoms with E-state index in [1.807, 2.05) is 0 Å². The standard InChI is InChI=1S/C5H5NOS/c7-4-5(1-2-5)8-3-6-4/h3H,1-2H2. The van der Waals surface area contributed by atoms with Gasteiger partial charge in [0, 0.05) is 0 Å². The Labute approximate surface area is 51.4 Å². The fourth-order valence-electron chi connectivity index (χ4n) is 0.788. The molecule has 8 heavy (non-hydrogen) atoms. The van der Waals surface area contributed by atoms with E-state index in [0.717, 1.165) is 12.8 Å². The zero-order valence-electron chi connectivity index (χ0n) is 4.26. The molecule has 1 spiro atoms. The number of nitrogens with zero attached hydrogens (tertiary/aromatic N) is 1.